The van der Waals surface area contributed by atoms with Crippen LogP contribution in [0.5, 0.6) is 0 Å². The summed E-state index contributed by atoms with van der Waals surface area (Å²) >= 11 is 5.39. The minimum absolute atomic E-state index is 0.0914. The fourth-order valence-electron chi connectivity index (χ4n) is 7.26. The molecule has 8 aromatic rings. The molecule has 0 spiro atoms. The average molecular weight is 838 g/mol. The van der Waals surface area contributed by atoms with Crippen LogP contribution in [0.2, 0.25) is 0 Å². The van der Waals surface area contributed by atoms with Crippen molar-refractivity contribution in [3.63, 3.8) is 0 Å². The first-order valence-electron chi connectivity index (χ1n) is 16.9. The van der Waals surface area contributed by atoms with Crippen LogP contribution in [-0.4, -0.2) is 7.05 Å². The molecule has 0 saturated carbocycles. The molecule has 0 aliphatic heterocycles. The van der Waals surface area contributed by atoms with Crippen molar-refractivity contribution < 1.29 is 13.2 Å². The highest BCUT2D eigenvalue weighted by Gasteiger charge is 2.35. The van der Waals surface area contributed by atoms with Crippen LogP contribution in [0, 0.1) is 11.3 Å². The van der Waals surface area contributed by atoms with E-state index in [-0.39, 0.29) is 5.69 Å². The molecular formula is C43H31F3IN3S2. The number of aryl methyl sites for hydroxylation is 2. The van der Waals surface area contributed by atoms with E-state index in [0.29, 0.717) is 11.3 Å². The summed E-state index contributed by atoms with van der Waals surface area (Å²) in [6.07, 6.45) is -2.77. The van der Waals surface area contributed by atoms with Crippen molar-refractivity contribution in [2.45, 2.75) is 32.9 Å². The third-order valence-corrected chi connectivity index (χ3v) is 13.5. The molecule has 258 valence electrons. The zero-order chi connectivity index (χ0) is 36.3. The summed E-state index contributed by atoms with van der Waals surface area (Å²) in [6, 6.07) is 37.3. The molecule has 8 rings (SSSR count). The van der Waals surface area contributed by atoms with Crippen molar-refractivity contribution in [2.75, 3.05) is 15.1 Å². The number of hydrogen-bond donors (Lipinski definition) is 0. The van der Waals surface area contributed by atoms with Gasteiger partial charge in [-0.1, -0.05) is 80.6 Å². The van der Waals surface area contributed by atoms with Crippen molar-refractivity contribution in [1.82, 2.24) is 0 Å². The fourth-order valence-corrected chi connectivity index (χ4v) is 11.0. The summed E-state index contributed by atoms with van der Waals surface area (Å²) in [7, 11) is 2.03. The number of para-hydroxylation sites is 1. The standard InChI is InChI=1S/C43H31F3IN3S2/c1-4-25-12-8-14-29-30-15-10-20-37(41(30)51-39(25)29)49(3)35-19-9-13-28(33(35)24-48)27-22-26(5-2)40-32(23-27)31-16-11-21-38(42(31)52-40)50(47)36-18-7-6-17-34(36)43(44,45)46/h6-23H,4-5H2,1-3H3. The van der Waals surface area contributed by atoms with Gasteiger partial charge >= 0.3 is 6.18 Å². The quantitative estimate of drug-likeness (QED) is 0.118. The minimum atomic E-state index is -4.48. The zero-order valence-corrected chi connectivity index (χ0v) is 32.3. The monoisotopic (exact) mass is 837 g/mol. The molecule has 0 N–H and O–H groups in total. The molecular weight excluding hydrogens is 807 g/mol. The highest BCUT2D eigenvalue weighted by atomic mass is 127. The third-order valence-electron chi connectivity index (χ3n) is 9.82. The second-order valence-corrected chi connectivity index (χ2v) is 15.7. The van der Waals surface area contributed by atoms with E-state index in [1.807, 2.05) is 66.3 Å². The van der Waals surface area contributed by atoms with Gasteiger partial charge in [0.2, 0.25) is 0 Å². The van der Waals surface area contributed by atoms with Gasteiger partial charge in [-0.05, 0) is 72.0 Å². The molecule has 0 aliphatic carbocycles. The summed E-state index contributed by atoms with van der Waals surface area (Å²) in [5.74, 6) is 0. The zero-order valence-electron chi connectivity index (χ0n) is 28.5. The summed E-state index contributed by atoms with van der Waals surface area (Å²) in [5.41, 5.74) is 6.79. The molecule has 0 unspecified atom stereocenters. The molecule has 0 radical (unpaired) electrons. The Hall–Kier alpha value is -4.63. The van der Waals surface area contributed by atoms with Gasteiger partial charge in [0.15, 0.2) is 0 Å². The van der Waals surface area contributed by atoms with Crippen LogP contribution in [0.4, 0.5) is 35.9 Å². The maximum absolute atomic E-state index is 14.0. The first kappa shape index (κ1) is 34.5. The summed E-state index contributed by atoms with van der Waals surface area (Å²) in [5, 5.41) is 15.2. The lowest BCUT2D eigenvalue weighted by Gasteiger charge is -2.23. The van der Waals surface area contributed by atoms with Crippen LogP contribution < -0.4 is 8.01 Å². The van der Waals surface area contributed by atoms with Crippen LogP contribution >= 0.6 is 45.5 Å². The molecule has 2 heterocycles. The van der Waals surface area contributed by atoms with Crippen molar-refractivity contribution >= 4 is 109 Å². The van der Waals surface area contributed by atoms with Gasteiger partial charge in [0, 0.05) is 43.6 Å². The summed E-state index contributed by atoms with van der Waals surface area (Å²) < 4.78 is 48.2. The van der Waals surface area contributed by atoms with Gasteiger partial charge in [-0.2, -0.15) is 18.4 Å². The van der Waals surface area contributed by atoms with Crippen LogP contribution in [0.1, 0.15) is 36.1 Å². The lowest BCUT2D eigenvalue weighted by atomic mass is 9.94. The summed E-state index contributed by atoms with van der Waals surface area (Å²) in [4.78, 5) is 2.13. The van der Waals surface area contributed by atoms with Crippen molar-refractivity contribution in [1.29, 1.82) is 5.26 Å². The Kier molecular flexibility index (Phi) is 8.88. The molecule has 0 saturated heterocycles. The van der Waals surface area contributed by atoms with E-state index >= 15 is 0 Å². The molecule has 6 aromatic carbocycles. The Balaban J connectivity index is 1.27. The summed E-state index contributed by atoms with van der Waals surface area (Å²) in [6.45, 7) is 4.30. The van der Waals surface area contributed by atoms with E-state index in [9.17, 15) is 18.4 Å². The number of benzene rings is 6. The van der Waals surface area contributed by atoms with Crippen LogP contribution in [0.25, 0.3) is 51.5 Å². The third kappa shape index (κ3) is 5.59. The van der Waals surface area contributed by atoms with E-state index in [1.165, 1.54) is 37.9 Å². The van der Waals surface area contributed by atoms with Gasteiger partial charge in [0.25, 0.3) is 0 Å². The molecule has 0 aliphatic rings. The Morgan fingerprint density at radius 3 is 1.88 bits per heavy atom. The molecule has 0 bridgehead atoms. The van der Waals surface area contributed by atoms with E-state index in [0.717, 1.165) is 67.1 Å². The second-order valence-electron chi connectivity index (χ2n) is 12.7. The smallest absolute Gasteiger partial charge is 0.342 e. The topological polar surface area (TPSA) is 30.3 Å². The second kappa shape index (κ2) is 13.4. The lowest BCUT2D eigenvalue weighted by molar-refractivity contribution is -0.137. The van der Waals surface area contributed by atoms with E-state index in [4.69, 9.17) is 0 Å². The van der Waals surface area contributed by atoms with Crippen LogP contribution in [-0.2, 0) is 19.0 Å². The first-order chi connectivity index (χ1) is 25.1. The Bertz CT molecular complexity index is 2720. The predicted octanol–water partition coefficient (Wildman–Crippen LogP) is 14.4. The van der Waals surface area contributed by atoms with Gasteiger partial charge in [0.1, 0.15) is 6.07 Å². The maximum Gasteiger partial charge on any atom is 0.418 e. The van der Waals surface area contributed by atoms with Crippen molar-refractivity contribution in [2.24, 2.45) is 0 Å². The molecule has 0 fully saturated rings. The predicted molar refractivity (Wildman–Crippen MR) is 223 cm³/mol. The van der Waals surface area contributed by atoms with Crippen molar-refractivity contribution in [3.05, 3.63) is 131 Å². The van der Waals surface area contributed by atoms with E-state index in [2.05, 4.69) is 73.3 Å². The number of fused-ring (bicyclic) bond motifs is 6. The van der Waals surface area contributed by atoms with Crippen LogP contribution in [0.15, 0.2) is 109 Å². The number of alkyl halides is 3. The Morgan fingerprint density at radius 1 is 0.635 bits per heavy atom. The number of nitriles is 1. The molecule has 2 aromatic heterocycles. The van der Waals surface area contributed by atoms with E-state index < -0.39 is 11.7 Å². The highest BCUT2D eigenvalue weighted by molar-refractivity contribution is 14.1. The Labute approximate surface area is 321 Å². The minimum Gasteiger partial charge on any atom is -0.342 e. The molecule has 9 heteroatoms. The first-order valence-corrected chi connectivity index (χ1v) is 19.5. The lowest BCUT2D eigenvalue weighted by Crippen LogP contribution is -2.12. The van der Waals surface area contributed by atoms with Gasteiger partial charge in [0.05, 0.1) is 66.1 Å². The average Bonchev–Trinajstić information content (AvgIpc) is 3.75. The van der Waals surface area contributed by atoms with Gasteiger partial charge < -0.3 is 4.90 Å². The molecule has 0 amide bonds. The van der Waals surface area contributed by atoms with Gasteiger partial charge in [-0.3, -0.25) is 3.11 Å². The Morgan fingerprint density at radius 2 is 1.19 bits per heavy atom. The number of thiophene rings is 2. The van der Waals surface area contributed by atoms with Gasteiger partial charge in [-0.25, -0.2) is 0 Å². The fraction of sp³-hybridized carbons (Fsp3) is 0.140. The number of anilines is 4. The maximum atomic E-state index is 14.0. The number of halogens is 4. The highest BCUT2D eigenvalue weighted by Crippen LogP contribution is 2.49. The SMILES string of the molecule is CCc1cccc2c1sc1c(N(C)c3cccc(-c4cc(CC)c5sc6c(N(I)c7ccccc7C(F)(F)F)cccc6c5c4)c3C#N)cccc12. The number of nitrogens with zero attached hydrogens (tertiary/aromatic N) is 3. The van der Waals surface area contributed by atoms with E-state index in [1.54, 1.807) is 31.9 Å². The molecule has 3 nitrogen and oxygen atoms in total. The number of hydrogen-bond acceptors (Lipinski definition) is 5. The largest absolute Gasteiger partial charge is 0.418 e. The van der Waals surface area contributed by atoms with Crippen LogP contribution in [0.3, 0.4) is 0 Å². The molecule has 52 heavy (non-hydrogen) atoms. The van der Waals surface area contributed by atoms with Gasteiger partial charge in [-0.15, -0.1) is 22.7 Å². The van der Waals surface area contributed by atoms with Crippen molar-refractivity contribution in [3.8, 4) is 17.2 Å². The molecule has 0 atom stereocenters. The normalized spacial score (nSPS) is 11.9. The number of rotatable bonds is 7.